The fraction of sp³-hybridized carbons (Fsp3) is 1.00. The van der Waals surface area contributed by atoms with Gasteiger partial charge in [0, 0.05) is 12.6 Å². The van der Waals surface area contributed by atoms with Crippen LogP contribution in [0.4, 0.5) is 0 Å². The van der Waals surface area contributed by atoms with E-state index in [0.29, 0.717) is 6.10 Å². The smallest absolute Gasteiger partial charge is 0.0576 e. The second-order valence-corrected chi connectivity index (χ2v) is 6.23. The molecule has 0 spiro atoms. The summed E-state index contributed by atoms with van der Waals surface area (Å²) < 4.78 is 5.65. The summed E-state index contributed by atoms with van der Waals surface area (Å²) in [6.07, 6.45) is 9.86. The summed E-state index contributed by atoms with van der Waals surface area (Å²) in [6.45, 7) is 6.98. The summed E-state index contributed by atoms with van der Waals surface area (Å²) in [5.41, 5.74) is 0. The van der Waals surface area contributed by atoms with E-state index in [1.165, 1.54) is 51.5 Å². The van der Waals surface area contributed by atoms with Gasteiger partial charge < -0.3 is 10.1 Å². The van der Waals surface area contributed by atoms with Gasteiger partial charge in [0.25, 0.3) is 0 Å². The Bertz CT molecular complexity index is 213. The molecule has 1 saturated heterocycles. The van der Waals surface area contributed by atoms with Crippen molar-refractivity contribution in [3.63, 3.8) is 0 Å². The second kappa shape index (κ2) is 6.75. The fourth-order valence-electron chi connectivity index (χ4n) is 3.46. The third-order valence-electron chi connectivity index (χ3n) is 4.56. The van der Waals surface area contributed by atoms with Crippen LogP contribution in [0.25, 0.3) is 0 Å². The monoisotopic (exact) mass is 239 g/mol. The quantitative estimate of drug-likeness (QED) is 0.743. The highest BCUT2D eigenvalue weighted by molar-refractivity contribution is 4.81. The average molecular weight is 239 g/mol. The molecule has 0 aromatic carbocycles. The second-order valence-electron chi connectivity index (χ2n) is 6.23. The minimum absolute atomic E-state index is 0.570. The molecule has 0 radical (unpaired) electrons. The van der Waals surface area contributed by atoms with Gasteiger partial charge in [-0.05, 0) is 63.3 Å². The minimum atomic E-state index is 0.570. The van der Waals surface area contributed by atoms with Crippen molar-refractivity contribution in [2.75, 3.05) is 13.2 Å². The van der Waals surface area contributed by atoms with Crippen LogP contribution in [0.1, 0.15) is 58.8 Å². The molecular weight excluding hydrogens is 210 g/mol. The first-order valence-electron chi connectivity index (χ1n) is 7.60. The van der Waals surface area contributed by atoms with Gasteiger partial charge in [-0.3, -0.25) is 0 Å². The topological polar surface area (TPSA) is 21.3 Å². The summed E-state index contributed by atoms with van der Waals surface area (Å²) in [5.74, 6) is 1.80. The molecule has 1 heterocycles. The molecule has 0 aromatic rings. The van der Waals surface area contributed by atoms with Crippen LogP contribution in [0.5, 0.6) is 0 Å². The normalized spacial score (nSPS) is 38.5. The first kappa shape index (κ1) is 13.4. The standard InChI is InChI=1S/C15H29NO/c1-12-7-8-15(13(2)11-12)16-9-3-5-14-6-4-10-17-14/h12-16H,3-11H2,1-2H3. The molecule has 2 heteroatoms. The van der Waals surface area contributed by atoms with E-state index in [2.05, 4.69) is 19.2 Å². The van der Waals surface area contributed by atoms with Crippen LogP contribution in [0.3, 0.4) is 0 Å². The summed E-state index contributed by atoms with van der Waals surface area (Å²) in [5, 5.41) is 3.76. The summed E-state index contributed by atoms with van der Waals surface area (Å²) in [4.78, 5) is 0. The number of hydrogen-bond donors (Lipinski definition) is 1. The maximum atomic E-state index is 5.65. The molecule has 0 aromatic heterocycles. The predicted octanol–water partition coefficient (Wildman–Crippen LogP) is 3.36. The molecule has 1 N–H and O–H groups in total. The molecule has 2 rings (SSSR count). The first-order valence-corrected chi connectivity index (χ1v) is 7.60. The van der Waals surface area contributed by atoms with E-state index < -0.39 is 0 Å². The van der Waals surface area contributed by atoms with Gasteiger partial charge in [0.2, 0.25) is 0 Å². The molecule has 2 aliphatic rings. The van der Waals surface area contributed by atoms with Crippen molar-refractivity contribution < 1.29 is 4.74 Å². The zero-order valence-electron chi connectivity index (χ0n) is 11.6. The minimum Gasteiger partial charge on any atom is -0.378 e. The molecule has 1 aliphatic carbocycles. The van der Waals surface area contributed by atoms with Gasteiger partial charge in [0.05, 0.1) is 6.10 Å². The van der Waals surface area contributed by atoms with Gasteiger partial charge in [-0.25, -0.2) is 0 Å². The molecular formula is C15H29NO. The van der Waals surface area contributed by atoms with E-state index in [-0.39, 0.29) is 0 Å². The van der Waals surface area contributed by atoms with E-state index >= 15 is 0 Å². The van der Waals surface area contributed by atoms with E-state index in [0.717, 1.165) is 24.5 Å². The molecule has 2 fully saturated rings. The molecule has 4 atom stereocenters. The van der Waals surface area contributed by atoms with Crippen molar-refractivity contribution in [1.29, 1.82) is 0 Å². The van der Waals surface area contributed by atoms with Gasteiger partial charge in [0.1, 0.15) is 0 Å². The first-order chi connectivity index (χ1) is 8.25. The molecule has 0 amide bonds. The maximum Gasteiger partial charge on any atom is 0.0576 e. The van der Waals surface area contributed by atoms with Crippen molar-refractivity contribution >= 4 is 0 Å². The SMILES string of the molecule is CC1CCC(NCCCC2CCCO2)C(C)C1. The van der Waals surface area contributed by atoms with E-state index in [4.69, 9.17) is 4.74 Å². The predicted molar refractivity (Wildman–Crippen MR) is 72.2 cm³/mol. The lowest BCUT2D eigenvalue weighted by Gasteiger charge is -2.33. The Kier molecular flexibility index (Phi) is 5.30. The molecule has 0 bridgehead atoms. The maximum absolute atomic E-state index is 5.65. The largest absolute Gasteiger partial charge is 0.378 e. The van der Waals surface area contributed by atoms with Gasteiger partial charge in [-0.1, -0.05) is 13.8 Å². The Morgan fingerprint density at radius 1 is 1.18 bits per heavy atom. The summed E-state index contributed by atoms with van der Waals surface area (Å²) >= 11 is 0. The molecule has 2 nitrogen and oxygen atoms in total. The van der Waals surface area contributed by atoms with Crippen molar-refractivity contribution in [3.8, 4) is 0 Å². The van der Waals surface area contributed by atoms with Crippen molar-refractivity contribution in [2.45, 2.75) is 70.9 Å². The van der Waals surface area contributed by atoms with Gasteiger partial charge in [-0.15, -0.1) is 0 Å². The number of ether oxygens (including phenoxy) is 1. The molecule has 17 heavy (non-hydrogen) atoms. The third kappa shape index (κ3) is 4.26. The third-order valence-corrected chi connectivity index (χ3v) is 4.56. The number of rotatable bonds is 5. The van der Waals surface area contributed by atoms with Crippen LogP contribution in [-0.4, -0.2) is 25.3 Å². The highest BCUT2D eigenvalue weighted by atomic mass is 16.5. The van der Waals surface area contributed by atoms with Gasteiger partial charge in [0.15, 0.2) is 0 Å². The average Bonchev–Trinajstić information content (AvgIpc) is 2.79. The Labute approximate surface area is 107 Å². The summed E-state index contributed by atoms with van der Waals surface area (Å²) in [7, 11) is 0. The van der Waals surface area contributed by atoms with Crippen LogP contribution in [0.2, 0.25) is 0 Å². The summed E-state index contributed by atoms with van der Waals surface area (Å²) in [6, 6.07) is 0.774. The van der Waals surface area contributed by atoms with Crippen LogP contribution >= 0.6 is 0 Å². The Hall–Kier alpha value is -0.0800. The van der Waals surface area contributed by atoms with Crippen LogP contribution < -0.4 is 5.32 Å². The number of nitrogens with one attached hydrogen (secondary N) is 1. The lowest BCUT2D eigenvalue weighted by molar-refractivity contribution is 0.102. The zero-order valence-corrected chi connectivity index (χ0v) is 11.6. The molecule has 1 saturated carbocycles. The van der Waals surface area contributed by atoms with Crippen molar-refractivity contribution in [2.24, 2.45) is 11.8 Å². The van der Waals surface area contributed by atoms with E-state index in [1.54, 1.807) is 0 Å². The highest BCUT2D eigenvalue weighted by Gasteiger charge is 2.24. The molecule has 4 unspecified atom stereocenters. The lowest BCUT2D eigenvalue weighted by Crippen LogP contribution is -2.39. The van der Waals surface area contributed by atoms with E-state index in [1.807, 2.05) is 0 Å². The molecule has 1 aliphatic heterocycles. The van der Waals surface area contributed by atoms with Crippen LogP contribution in [-0.2, 0) is 4.74 Å². The molecule has 100 valence electrons. The fourth-order valence-corrected chi connectivity index (χ4v) is 3.46. The van der Waals surface area contributed by atoms with Crippen molar-refractivity contribution in [1.82, 2.24) is 5.32 Å². The lowest BCUT2D eigenvalue weighted by atomic mass is 9.80. The van der Waals surface area contributed by atoms with Gasteiger partial charge >= 0.3 is 0 Å². The Balaban J connectivity index is 1.55. The number of hydrogen-bond acceptors (Lipinski definition) is 2. The van der Waals surface area contributed by atoms with Crippen molar-refractivity contribution in [3.05, 3.63) is 0 Å². The van der Waals surface area contributed by atoms with E-state index in [9.17, 15) is 0 Å². The van der Waals surface area contributed by atoms with Gasteiger partial charge in [-0.2, -0.15) is 0 Å². The highest BCUT2D eigenvalue weighted by Crippen LogP contribution is 2.28. The van der Waals surface area contributed by atoms with Crippen LogP contribution in [0.15, 0.2) is 0 Å². The Morgan fingerprint density at radius 2 is 2.06 bits per heavy atom. The van der Waals surface area contributed by atoms with Crippen LogP contribution in [0, 0.1) is 11.8 Å². The zero-order chi connectivity index (χ0) is 12.1. The Morgan fingerprint density at radius 3 is 2.76 bits per heavy atom.